The van der Waals surface area contributed by atoms with E-state index in [1.807, 2.05) is 35.8 Å². The molecule has 2 saturated heterocycles. The maximum atomic E-state index is 13.0. The Morgan fingerprint density at radius 2 is 1.81 bits per heavy atom. The number of carbonyl (C=O) groups is 3. The van der Waals surface area contributed by atoms with E-state index in [2.05, 4.69) is 4.98 Å². The Kier molecular flexibility index (Phi) is 3.94. The van der Waals surface area contributed by atoms with Gasteiger partial charge in [0, 0.05) is 27.2 Å². The smallest absolute Gasteiger partial charge is 0.327 e. The van der Waals surface area contributed by atoms with Crippen molar-refractivity contribution in [2.24, 2.45) is 0 Å². The zero-order valence-electron chi connectivity index (χ0n) is 15.8. The van der Waals surface area contributed by atoms with Gasteiger partial charge in [-0.1, -0.05) is 12.1 Å². The molecule has 1 unspecified atom stereocenters. The second kappa shape index (κ2) is 6.07. The van der Waals surface area contributed by atoms with Crippen LogP contribution in [0.15, 0.2) is 30.6 Å². The number of imide groups is 1. The van der Waals surface area contributed by atoms with Crippen LogP contribution in [0.25, 0.3) is 11.0 Å². The molecule has 1 atom stereocenters. The molecule has 4 amide bonds. The summed E-state index contributed by atoms with van der Waals surface area (Å²) in [6.45, 7) is 2.77. The average molecular weight is 369 g/mol. The summed E-state index contributed by atoms with van der Waals surface area (Å²) in [5.74, 6) is -0.170. The summed E-state index contributed by atoms with van der Waals surface area (Å²) in [5.41, 5.74) is 0.965. The number of benzene rings is 1. The maximum absolute atomic E-state index is 13.0. The monoisotopic (exact) mass is 369 g/mol. The number of aromatic nitrogens is 2. The summed E-state index contributed by atoms with van der Waals surface area (Å²) >= 11 is 0. The van der Waals surface area contributed by atoms with Crippen molar-refractivity contribution in [2.75, 3.05) is 27.2 Å². The number of likely N-dealkylation sites (tertiary alicyclic amines) is 1. The predicted molar refractivity (Wildman–Crippen MR) is 98.9 cm³/mol. The van der Waals surface area contributed by atoms with Gasteiger partial charge in [0.15, 0.2) is 0 Å². The predicted octanol–water partition coefficient (Wildman–Crippen LogP) is 1.48. The molecule has 8 heteroatoms. The number of hydrogen-bond acceptors (Lipinski definition) is 4. The van der Waals surface area contributed by atoms with Crippen molar-refractivity contribution in [1.82, 2.24) is 24.3 Å². The Balaban J connectivity index is 1.51. The molecule has 1 spiro atoms. The fourth-order valence-electron chi connectivity index (χ4n) is 4.27. The van der Waals surface area contributed by atoms with E-state index in [0.717, 1.165) is 11.0 Å². The van der Waals surface area contributed by atoms with Crippen LogP contribution >= 0.6 is 0 Å². The lowest BCUT2D eigenvalue weighted by atomic mass is 9.86. The van der Waals surface area contributed by atoms with Gasteiger partial charge in [-0.15, -0.1) is 0 Å². The van der Waals surface area contributed by atoms with Crippen molar-refractivity contribution in [2.45, 2.75) is 31.3 Å². The summed E-state index contributed by atoms with van der Waals surface area (Å²) < 4.78 is 1.88. The minimum atomic E-state index is -0.812. The minimum Gasteiger partial charge on any atom is -0.341 e. The number of piperidine rings is 1. The van der Waals surface area contributed by atoms with Gasteiger partial charge in [0.25, 0.3) is 5.91 Å². The van der Waals surface area contributed by atoms with Gasteiger partial charge in [-0.25, -0.2) is 9.78 Å². The Hall–Kier alpha value is -2.90. The number of imidazole rings is 1. The number of hydrogen-bond donors (Lipinski definition) is 0. The van der Waals surface area contributed by atoms with Crippen molar-refractivity contribution in [1.29, 1.82) is 0 Å². The first-order valence-corrected chi connectivity index (χ1v) is 9.13. The van der Waals surface area contributed by atoms with Crippen molar-refractivity contribution < 1.29 is 14.4 Å². The second-order valence-corrected chi connectivity index (χ2v) is 7.38. The van der Waals surface area contributed by atoms with Crippen LogP contribution < -0.4 is 0 Å². The molecule has 27 heavy (non-hydrogen) atoms. The number of rotatable bonds is 2. The van der Waals surface area contributed by atoms with E-state index in [9.17, 15) is 14.4 Å². The fraction of sp³-hybridized carbons (Fsp3) is 0.474. The molecule has 2 aromatic rings. The first-order valence-electron chi connectivity index (χ1n) is 9.13. The first kappa shape index (κ1) is 17.5. The lowest BCUT2D eigenvalue weighted by Gasteiger charge is -2.41. The average Bonchev–Trinajstić information content (AvgIpc) is 3.19. The molecule has 2 aliphatic heterocycles. The molecular formula is C19H23N5O3. The van der Waals surface area contributed by atoms with Crippen LogP contribution in [0, 0.1) is 0 Å². The summed E-state index contributed by atoms with van der Waals surface area (Å²) in [4.78, 5) is 46.6. The molecular weight excluding hydrogens is 346 g/mol. The van der Waals surface area contributed by atoms with Crippen LogP contribution in [-0.2, 0) is 9.59 Å². The highest BCUT2D eigenvalue weighted by molar-refractivity contribution is 6.06. The highest BCUT2D eigenvalue weighted by Gasteiger charge is 2.55. The van der Waals surface area contributed by atoms with Crippen LogP contribution in [0.4, 0.5) is 4.79 Å². The van der Waals surface area contributed by atoms with Crippen LogP contribution in [0.1, 0.15) is 25.8 Å². The quantitative estimate of drug-likeness (QED) is 0.751. The van der Waals surface area contributed by atoms with Gasteiger partial charge < -0.3 is 14.4 Å². The van der Waals surface area contributed by atoms with E-state index in [0.29, 0.717) is 25.9 Å². The maximum Gasteiger partial charge on any atom is 0.327 e. The number of nitrogens with zero attached hydrogens (tertiary/aromatic N) is 5. The summed E-state index contributed by atoms with van der Waals surface area (Å²) in [5, 5.41) is 0. The van der Waals surface area contributed by atoms with E-state index < -0.39 is 5.54 Å². The number of fused-ring (bicyclic) bond motifs is 1. The molecule has 8 nitrogen and oxygen atoms in total. The number of urea groups is 1. The molecule has 2 aliphatic rings. The zero-order valence-corrected chi connectivity index (χ0v) is 15.8. The summed E-state index contributed by atoms with van der Waals surface area (Å²) in [6.07, 6.45) is 2.61. The molecule has 142 valence electrons. The Bertz CT molecular complexity index is 928. The number of likely N-dealkylation sites (N-methyl/N-ethyl adjacent to an activating group) is 2. The molecule has 2 fully saturated rings. The second-order valence-electron chi connectivity index (χ2n) is 7.38. The third-order valence-corrected chi connectivity index (χ3v) is 6.08. The highest BCUT2D eigenvalue weighted by Crippen LogP contribution is 2.36. The van der Waals surface area contributed by atoms with E-state index in [4.69, 9.17) is 0 Å². The molecule has 4 rings (SSSR count). The zero-order chi connectivity index (χ0) is 19.3. The summed E-state index contributed by atoms with van der Waals surface area (Å²) in [7, 11) is 3.18. The van der Waals surface area contributed by atoms with Gasteiger partial charge in [0.1, 0.15) is 11.6 Å². The Labute approximate surface area is 157 Å². The van der Waals surface area contributed by atoms with Gasteiger partial charge >= 0.3 is 6.03 Å². The van der Waals surface area contributed by atoms with Crippen LogP contribution in [0.3, 0.4) is 0 Å². The molecule has 0 bridgehead atoms. The summed E-state index contributed by atoms with van der Waals surface area (Å²) in [6, 6.07) is 7.06. The largest absolute Gasteiger partial charge is 0.341 e. The van der Waals surface area contributed by atoms with Gasteiger partial charge in [0.05, 0.1) is 17.4 Å². The van der Waals surface area contributed by atoms with Crippen molar-refractivity contribution in [3.8, 4) is 0 Å². The SMILES string of the molecule is CC(C(=O)N1CCC2(CC1)C(=O)N(C)C(=O)N2C)n1cnc2ccccc21. The van der Waals surface area contributed by atoms with E-state index in [1.165, 1.54) is 16.8 Å². The highest BCUT2D eigenvalue weighted by atomic mass is 16.2. The molecule has 0 radical (unpaired) electrons. The van der Waals surface area contributed by atoms with Gasteiger partial charge in [0.2, 0.25) is 5.91 Å². The molecule has 3 heterocycles. The van der Waals surface area contributed by atoms with Crippen LogP contribution in [0.5, 0.6) is 0 Å². The molecule has 0 saturated carbocycles. The standard InChI is InChI=1S/C19H23N5O3/c1-13(24-12-20-14-6-4-5-7-15(14)24)16(25)23-10-8-19(9-11-23)17(26)21(2)18(27)22(19)3/h4-7,12-13H,8-11H2,1-3H3. The van der Waals surface area contributed by atoms with E-state index in [-0.39, 0.29) is 23.9 Å². The van der Waals surface area contributed by atoms with Crippen LogP contribution in [0.2, 0.25) is 0 Å². The van der Waals surface area contributed by atoms with Gasteiger partial charge in [-0.2, -0.15) is 0 Å². The first-order chi connectivity index (χ1) is 12.9. The van der Waals surface area contributed by atoms with Crippen molar-refractivity contribution in [3.05, 3.63) is 30.6 Å². The van der Waals surface area contributed by atoms with Crippen molar-refractivity contribution in [3.63, 3.8) is 0 Å². The van der Waals surface area contributed by atoms with Crippen LogP contribution in [-0.4, -0.2) is 74.8 Å². The topological polar surface area (TPSA) is 78.8 Å². The number of amides is 4. The lowest BCUT2D eigenvalue weighted by molar-refractivity contribution is -0.141. The molecule has 1 aromatic heterocycles. The third kappa shape index (κ3) is 2.43. The Morgan fingerprint density at radius 3 is 2.44 bits per heavy atom. The minimum absolute atomic E-state index is 0.000725. The number of carbonyl (C=O) groups excluding carboxylic acids is 3. The van der Waals surface area contributed by atoms with E-state index >= 15 is 0 Å². The molecule has 0 N–H and O–H groups in total. The number of para-hydroxylation sites is 2. The van der Waals surface area contributed by atoms with E-state index in [1.54, 1.807) is 18.3 Å². The Morgan fingerprint density at radius 1 is 1.15 bits per heavy atom. The molecule has 0 aliphatic carbocycles. The van der Waals surface area contributed by atoms with Gasteiger partial charge in [-0.3, -0.25) is 14.5 Å². The lowest BCUT2D eigenvalue weighted by Crippen LogP contribution is -2.56. The van der Waals surface area contributed by atoms with Crippen molar-refractivity contribution >= 4 is 28.9 Å². The normalized spacial score (nSPS) is 20.8. The molecule has 1 aromatic carbocycles. The van der Waals surface area contributed by atoms with Gasteiger partial charge in [-0.05, 0) is 31.9 Å². The fourth-order valence-corrected chi connectivity index (χ4v) is 4.27. The third-order valence-electron chi connectivity index (χ3n) is 6.08.